The lowest BCUT2D eigenvalue weighted by molar-refractivity contribution is -0.121. The van der Waals surface area contributed by atoms with Crippen LogP contribution in [0.3, 0.4) is 0 Å². The fourth-order valence-corrected chi connectivity index (χ4v) is 5.85. The Morgan fingerprint density at radius 2 is 1.69 bits per heavy atom. The number of benzene rings is 2. The third kappa shape index (κ3) is 5.53. The lowest BCUT2D eigenvalue weighted by Crippen LogP contribution is -2.30. The van der Waals surface area contributed by atoms with Crippen molar-refractivity contribution < 1.29 is 13.2 Å². The van der Waals surface area contributed by atoms with E-state index in [9.17, 15) is 13.2 Å². The monoisotopic (exact) mass is 489 g/mol. The van der Waals surface area contributed by atoms with Crippen molar-refractivity contribution in [2.24, 2.45) is 0 Å². The molecular formula is C23H27N3O3S3. The second-order valence-corrected chi connectivity index (χ2v) is 10.8. The highest BCUT2D eigenvalue weighted by Gasteiger charge is 2.21. The van der Waals surface area contributed by atoms with E-state index in [4.69, 9.17) is 12.2 Å². The van der Waals surface area contributed by atoms with Gasteiger partial charge in [-0.3, -0.25) is 4.79 Å². The summed E-state index contributed by atoms with van der Waals surface area (Å²) in [5.41, 5.74) is 3.93. The first-order chi connectivity index (χ1) is 15.3. The van der Waals surface area contributed by atoms with Gasteiger partial charge in [-0.05, 0) is 42.4 Å². The maximum absolute atomic E-state index is 12.6. The van der Waals surface area contributed by atoms with Gasteiger partial charge >= 0.3 is 0 Å². The van der Waals surface area contributed by atoms with Crippen LogP contribution in [0.25, 0.3) is 11.3 Å². The van der Waals surface area contributed by atoms with Gasteiger partial charge in [0.2, 0.25) is 15.9 Å². The third-order valence-electron chi connectivity index (χ3n) is 5.19. The summed E-state index contributed by atoms with van der Waals surface area (Å²) in [6.45, 7) is 6.94. The van der Waals surface area contributed by atoms with Crippen LogP contribution in [-0.4, -0.2) is 36.3 Å². The van der Waals surface area contributed by atoms with Crippen molar-refractivity contribution in [2.75, 3.05) is 13.1 Å². The summed E-state index contributed by atoms with van der Waals surface area (Å²) in [4.78, 5) is 12.8. The molecule has 0 bridgehead atoms. The van der Waals surface area contributed by atoms with Crippen molar-refractivity contribution in [3.05, 3.63) is 69.0 Å². The quantitative estimate of drug-likeness (QED) is 0.446. The summed E-state index contributed by atoms with van der Waals surface area (Å²) in [5.74, 6) is -0.160. The molecule has 0 saturated carbocycles. The number of aromatic nitrogens is 1. The van der Waals surface area contributed by atoms with Gasteiger partial charge in [-0.25, -0.2) is 8.42 Å². The summed E-state index contributed by atoms with van der Waals surface area (Å²) in [6.07, 6.45) is 0. The molecule has 2 aromatic carbocycles. The van der Waals surface area contributed by atoms with Crippen LogP contribution in [0.1, 0.15) is 25.0 Å². The van der Waals surface area contributed by atoms with Crippen LogP contribution in [0.2, 0.25) is 0 Å². The Hall–Kier alpha value is -2.33. The maximum atomic E-state index is 12.6. The number of nitrogens with one attached hydrogen (secondary N) is 1. The van der Waals surface area contributed by atoms with Gasteiger partial charge in [0.15, 0.2) is 3.95 Å². The van der Waals surface area contributed by atoms with E-state index >= 15 is 0 Å². The van der Waals surface area contributed by atoms with Crippen molar-refractivity contribution >= 4 is 39.5 Å². The topological polar surface area (TPSA) is 71.4 Å². The number of hydrogen-bond acceptors (Lipinski definition) is 5. The molecule has 0 radical (unpaired) electrons. The highest BCUT2D eigenvalue weighted by molar-refractivity contribution is 7.89. The molecular weight excluding hydrogens is 462 g/mol. The average molecular weight is 490 g/mol. The number of amides is 1. The molecule has 0 unspecified atom stereocenters. The zero-order chi connectivity index (χ0) is 23.3. The van der Waals surface area contributed by atoms with Crippen molar-refractivity contribution in [2.45, 2.75) is 38.8 Å². The van der Waals surface area contributed by atoms with Crippen molar-refractivity contribution in [1.82, 2.24) is 14.2 Å². The maximum Gasteiger partial charge on any atom is 0.243 e. The molecule has 0 aliphatic carbocycles. The number of thiazole rings is 1. The zero-order valence-electron chi connectivity index (χ0n) is 18.4. The molecule has 9 heteroatoms. The van der Waals surface area contributed by atoms with Crippen LogP contribution in [0, 0.1) is 10.9 Å². The first kappa shape index (κ1) is 24.3. The van der Waals surface area contributed by atoms with E-state index in [0.717, 1.165) is 16.8 Å². The molecule has 0 aliphatic rings. The smallest absolute Gasteiger partial charge is 0.243 e. The predicted molar refractivity (Wildman–Crippen MR) is 132 cm³/mol. The normalized spacial score (nSPS) is 11.6. The van der Waals surface area contributed by atoms with Gasteiger partial charge in [0, 0.05) is 25.0 Å². The van der Waals surface area contributed by atoms with Gasteiger partial charge in [-0.15, -0.1) is 11.3 Å². The van der Waals surface area contributed by atoms with Crippen LogP contribution < -0.4 is 5.32 Å². The molecule has 0 fully saturated rings. The minimum Gasteiger partial charge on any atom is -0.350 e. The van der Waals surface area contributed by atoms with Gasteiger partial charge in [0.25, 0.3) is 0 Å². The molecule has 170 valence electrons. The van der Waals surface area contributed by atoms with Gasteiger partial charge in [-0.2, -0.15) is 4.31 Å². The number of sulfonamides is 1. The van der Waals surface area contributed by atoms with Gasteiger partial charge in [0.1, 0.15) is 6.54 Å². The molecule has 0 aliphatic heterocycles. The molecule has 1 heterocycles. The Kier molecular flexibility index (Phi) is 8.00. The molecule has 1 aromatic heterocycles. The van der Waals surface area contributed by atoms with Crippen molar-refractivity contribution in [3.8, 4) is 11.3 Å². The largest absolute Gasteiger partial charge is 0.350 e. The van der Waals surface area contributed by atoms with E-state index in [1.165, 1.54) is 21.2 Å². The molecule has 1 amide bonds. The van der Waals surface area contributed by atoms with Gasteiger partial charge in [-0.1, -0.05) is 55.8 Å². The third-order valence-corrected chi connectivity index (χ3v) is 8.52. The SMILES string of the molecule is CCN(CC)S(=O)(=O)c1ccc(CNC(=O)Cn2c(-c3ccc(C)cc3)csc2=S)cc1. The van der Waals surface area contributed by atoms with E-state index in [-0.39, 0.29) is 17.3 Å². The molecule has 3 rings (SSSR count). The number of aryl methyl sites for hydroxylation is 1. The predicted octanol–water partition coefficient (Wildman–Crippen LogP) is 4.60. The fraction of sp³-hybridized carbons (Fsp3) is 0.304. The van der Waals surface area contributed by atoms with E-state index in [2.05, 4.69) is 5.32 Å². The van der Waals surface area contributed by atoms with Crippen LogP contribution in [0.5, 0.6) is 0 Å². The van der Waals surface area contributed by atoms with Crippen LogP contribution >= 0.6 is 23.6 Å². The van der Waals surface area contributed by atoms with Gasteiger partial charge in [0.05, 0.1) is 10.6 Å². The van der Waals surface area contributed by atoms with Crippen LogP contribution in [0.15, 0.2) is 58.8 Å². The Morgan fingerprint density at radius 1 is 1.06 bits per heavy atom. The number of nitrogens with zero attached hydrogens (tertiary/aromatic N) is 2. The summed E-state index contributed by atoms with van der Waals surface area (Å²) in [5, 5.41) is 4.86. The highest BCUT2D eigenvalue weighted by Crippen LogP contribution is 2.24. The van der Waals surface area contributed by atoms with E-state index in [0.29, 0.717) is 23.6 Å². The van der Waals surface area contributed by atoms with E-state index in [1.807, 2.05) is 55.0 Å². The van der Waals surface area contributed by atoms with Crippen molar-refractivity contribution in [3.63, 3.8) is 0 Å². The number of hydrogen-bond donors (Lipinski definition) is 1. The first-order valence-corrected chi connectivity index (χ1v) is 13.1. The second-order valence-electron chi connectivity index (χ2n) is 7.35. The Balaban J connectivity index is 1.66. The fourth-order valence-electron chi connectivity index (χ4n) is 3.32. The lowest BCUT2D eigenvalue weighted by atomic mass is 10.1. The average Bonchev–Trinajstić information content (AvgIpc) is 3.14. The number of rotatable bonds is 9. The molecule has 0 spiro atoms. The Bertz CT molecular complexity index is 1220. The molecule has 3 aromatic rings. The molecule has 32 heavy (non-hydrogen) atoms. The van der Waals surface area contributed by atoms with Crippen LogP contribution in [-0.2, 0) is 27.9 Å². The minimum absolute atomic E-state index is 0.125. The van der Waals surface area contributed by atoms with Crippen LogP contribution in [0.4, 0.5) is 0 Å². The lowest BCUT2D eigenvalue weighted by Gasteiger charge is -2.18. The summed E-state index contributed by atoms with van der Waals surface area (Å²) in [7, 11) is -3.49. The summed E-state index contributed by atoms with van der Waals surface area (Å²) in [6, 6.07) is 14.7. The van der Waals surface area contributed by atoms with Gasteiger partial charge < -0.3 is 9.88 Å². The van der Waals surface area contributed by atoms with E-state index in [1.54, 1.807) is 24.3 Å². The number of carbonyl (C=O) groups excluding carboxylic acids is 1. The first-order valence-electron chi connectivity index (χ1n) is 10.4. The zero-order valence-corrected chi connectivity index (χ0v) is 20.8. The van der Waals surface area contributed by atoms with E-state index < -0.39 is 10.0 Å². The molecule has 0 atom stereocenters. The standard InChI is InChI=1S/C23H27N3O3S3/c1-4-25(5-2)32(28,29)20-12-8-18(9-13-20)14-24-22(27)15-26-21(16-31-23(26)30)19-10-6-17(3)7-11-19/h6-13,16H,4-5,14-15H2,1-3H3,(H,24,27). The second kappa shape index (κ2) is 10.5. The Labute approximate surface area is 198 Å². The summed E-state index contributed by atoms with van der Waals surface area (Å²) < 4.78 is 29.1. The molecule has 0 saturated heterocycles. The highest BCUT2D eigenvalue weighted by atomic mass is 32.2. The number of carbonyl (C=O) groups is 1. The summed E-state index contributed by atoms with van der Waals surface area (Å²) >= 11 is 6.86. The minimum atomic E-state index is -3.49. The Morgan fingerprint density at radius 3 is 2.28 bits per heavy atom. The van der Waals surface area contributed by atoms with Crippen molar-refractivity contribution in [1.29, 1.82) is 0 Å². The molecule has 6 nitrogen and oxygen atoms in total. The molecule has 1 N–H and O–H groups in total.